The van der Waals surface area contributed by atoms with E-state index in [9.17, 15) is 0 Å². The minimum atomic E-state index is 0.170. The molecule has 1 saturated heterocycles. The number of fused-ring (bicyclic) bond motifs is 1. The van der Waals surface area contributed by atoms with Crippen molar-refractivity contribution in [2.75, 3.05) is 20.1 Å². The molecule has 0 unspecified atom stereocenters. The van der Waals surface area contributed by atoms with E-state index in [1.165, 1.54) is 25.1 Å². The van der Waals surface area contributed by atoms with Crippen molar-refractivity contribution in [3.63, 3.8) is 0 Å². The maximum absolute atomic E-state index is 4.80. The molecule has 2 aromatic heterocycles. The zero-order chi connectivity index (χ0) is 12.8. The largest absolute Gasteiger partial charge is 0.305 e. The van der Waals surface area contributed by atoms with Crippen molar-refractivity contribution in [2.45, 2.75) is 32.1 Å². The third-order valence-electron chi connectivity index (χ3n) is 4.09. The fourth-order valence-electron chi connectivity index (χ4n) is 3.09. The number of rotatable bonds is 1. The summed E-state index contributed by atoms with van der Waals surface area (Å²) in [5.74, 6) is 1.02. The molecule has 0 saturated carbocycles. The molecule has 18 heavy (non-hydrogen) atoms. The Balaban J connectivity index is 2.07. The van der Waals surface area contributed by atoms with Gasteiger partial charge in [0, 0.05) is 12.0 Å². The molecule has 0 bridgehead atoms. The molecule has 0 N–H and O–H groups in total. The van der Waals surface area contributed by atoms with E-state index >= 15 is 0 Å². The van der Waals surface area contributed by atoms with E-state index in [-0.39, 0.29) is 5.41 Å². The van der Waals surface area contributed by atoms with Crippen LogP contribution in [-0.4, -0.2) is 39.4 Å². The summed E-state index contributed by atoms with van der Waals surface area (Å²) in [4.78, 5) is 11.4. The fraction of sp³-hybridized carbons (Fsp3) is 0.571. The Hall–Kier alpha value is -1.42. The molecule has 2 aromatic rings. The van der Waals surface area contributed by atoms with Crippen LogP contribution in [0.2, 0.25) is 0 Å². The predicted molar refractivity (Wildman–Crippen MR) is 71.8 cm³/mol. The lowest BCUT2D eigenvalue weighted by molar-refractivity contribution is 0.185. The number of aryl methyl sites for hydroxylation is 1. The van der Waals surface area contributed by atoms with E-state index in [0.717, 1.165) is 17.9 Å². The maximum atomic E-state index is 4.80. The SMILES string of the molecule is Cc1nc([C@@]2(C)CCCN(C)C2)cc2cncn12. The second kappa shape index (κ2) is 4.05. The van der Waals surface area contributed by atoms with Crippen LogP contribution in [0, 0.1) is 6.92 Å². The maximum Gasteiger partial charge on any atom is 0.111 e. The molecular formula is C14H20N4. The first-order chi connectivity index (χ1) is 8.58. The summed E-state index contributed by atoms with van der Waals surface area (Å²) in [7, 11) is 2.20. The average Bonchev–Trinajstić information content (AvgIpc) is 2.77. The van der Waals surface area contributed by atoms with Gasteiger partial charge in [-0.1, -0.05) is 6.92 Å². The lowest BCUT2D eigenvalue weighted by atomic mass is 9.79. The van der Waals surface area contributed by atoms with Crippen LogP contribution in [0.25, 0.3) is 5.52 Å². The lowest BCUT2D eigenvalue weighted by Gasteiger charge is -2.38. The van der Waals surface area contributed by atoms with Gasteiger partial charge in [0.1, 0.15) is 12.2 Å². The van der Waals surface area contributed by atoms with Crippen molar-refractivity contribution < 1.29 is 0 Å². The number of hydrogen-bond donors (Lipinski definition) is 0. The second-order valence-electron chi connectivity index (χ2n) is 5.78. The number of imidazole rings is 1. The third kappa shape index (κ3) is 1.81. The van der Waals surface area contributed by atoms with Gasteiger partial charge in [0.25, 0.3) is 0 Å². The zero-order valence-electron chi connectivity index (χ0n) is 11.3. The third-order valence-corrected chi connectivity index (χ3v) is 4.09. The Kier molecular flexibility index (Phi) is 2.63. The molecule has 3 rings (SSSR count). The fourth-order valence-corrected chi connectivity index (χ4v) is 3.09. The molecule has 0 aromatic carbocycles. The van der Waals surface area contributed by atoms with Gasteiger partial charge in [-0.25, -0.2) is 9.97 Å². The molecule has 1 aliphatic rings. The summed E-state index contributed by atoms with van der Waals surface area (Å²) >= 11 is 0. The predicted octanol–water partition coefficient (Wildman–Crippen LogP) is 2.02. The highest BCUT2D eigenvalue weighted by molar-refractivity contribution is 5.47. The number of likely N-dealkylation sites (tertiary alicyclic amines) is 1. The van der Waals surface area contributed by atoms with Crippen LogP contribution in [-0.2, 0) is 5.41 Å². The Morgan fingerprint density at radius 2 is 2.22 bits per heavy atom. The summed E-state index contributed by atoms with van der Waals surface area (Å²) in [5, 5.41) is 0. The van der Waals surface area contributed by atoms with Crippen LogP contribution in [0.15, 0.2) is 18.6 Å². The van der Waals surface area contributed by atoms with Gasteiger partial charge < -0.3 is 4.90 Å². The number of likely N-dealkylation sites (N-methyl/N-ethyl adjacent to an activating group) is 1. The van der Waals surface area contributed by atoms with Crippen LogP contribution in [0.3, 0.4) is 0 Å². The first kappa shape index (κ1) is 11.7. The molecule has 4 heteroatoms. The molecule has 4 nitrogen and oxygen atoms in total. The Bertz CT molecular complexity index is 574. The van der Waals surface area contributed by atoms with E-state index in [4.69, 9.17) is 4.98 Å². The molecule has 0 spiro atoms. The molecule has 1 aliphatic heterocycles. The Labute approximate surface area is 108 Å². The summed E-state index contributed by atoms with van der Waals surface area (Å²) in [6.07, 6.45) is 6.21. The highest BCUT2D eigenvalue weighted by atomic mass is 15.1. The van der Waals surface area contributed by atoms with Crippen molar-refractivity contribution >= 4 is 5.52 Å². The van der Waals surface area contributed by atoms with Gasteiger partial charge in [-0.2, -0.15) is 0 Å². The van der Waals surface area contributed by atoms with Crippen molar-refractivity contribution in [2.24, 2.45) is 0 Å². The highest BCUT2D eigenvalue weighted by Gasteiger charge is 2.33. The molecule has 3 heterocycles. The minimum absolute atomic E-state index is 0.170. The van der Waals surface area contributed by atoms with Crippen LogP contribution < -0.4 is 0 Å². The van der Waals surface area contributed by atoms with Crippen molar-refractivity contribution in [3.8, 4) is 0 Å². The number of hydrogen-bond acceptors (Lipinski definition) is 3. The molecule has 0 aliphatic carbocycles. The molecule has 1 atom stereocenters. The van der Waals surface area contributed by atoms with E-state index in [0.29, 0.717) is 0 Å². The number of piperidine rings is 1. The van der Waals surface area contributed by atoms with Gasteiger partial charge in [-0.05, 0) is 39.4 Å². The van der Waals surface area contributed by atoms with E-state index in [1.54, 1.807) is 0 Å². The van der Waals surface area contributed by atoms with Crippen LogP contribution in [0.5, 0.6) is 0 Å². The molecular weight excluding hydrogens is 224 g/mol. The number of aromatic nitrogens is 3. The van der Waals surface area contributed by atoms with Crippen LogP contribution in [0.4, 0.5) is 0 Å². The second-order valence-corrected chi connectivity index (χ2v) is 5.78. The quantitative estimate of drug-likeness (QED) is 0.769. The van der Waals surface area contributed by atoms with Gasteiger partial charge in [-0.15, -0.1) is 0 Å². The Morgan fingerprint density at radius 3 is 3.00 bits per heavy atom. The van der Waals surface area contributed by atoms with Gasteiger partial charge in [0.2, 0.25) is 0 Å². The zero-order valence-corrected chi connectivity index (χ0v) is 11.3. The summed E-state index contributed by atoms with van der Waals surface area (Å²) < 4.78 is 2.04. The molecule has 96 valence electrons. The van der Waals surface area contributed by atoms with E-state index in [2.05, 4.69) is 29.9 Å². The van der Waals surface area contributed by atoms with Crippen LogP contribution in [0.1, 0.15) is 31.3 Å². The number of nitrogens with zero attached hydrogens (tertiary/aromatic N) is 4. The first-order valence-electron chi connectivity index (χ1n) is 6.57. The van der Waals surface area contributed by atoms with Crippen molar-refractivity contribution in [3.05, 3.63) is 30.1 Å². The highest BCUT2D eigenvalue weighted by Crippen LogP contribution is 2.32. The summed E-state index contributed by atoms with van der Waals surface area (Å²) in [5.41, 5.74) is 2.52. The topological polar surface area (TPSA) is 33.4 Å². The Morgan fingerprint density at radius 1 is 1.39 bits per heavy atom. The first-order valence-corrected chi connectivity index (χ1v) is 6.57. The summed E-state index contributed by atoms with van der Waals surface area (Å²) in [6, 6.07) is 2.19. The van der Waals surface area contributed by atoms with Gasteiger partial charge in [-0.3, -0.25) is 4.40 Å². The van der Waals surface area contributed by atoms with E-state index < -0.39 is 0 Å². The normalized spacial score (nSPS) is 25.7. The molecule has 0 amide bonds. The monoisotopic (exact) mass is 244 g/mol. The molecule has 0 radical (unpaired) electrons. The average molecular weight is 244 g/mol. The summed E-state index contributed by atoms with van der Waals surface area (Å²) in [6.45, 7) is 6.67. The molecule has 1 fully saturated rings. The van der Waals surface area contributed by atoms with Crippen molar-refractivity contribution in [1.82, 2.24) is 19.3 Å². The lowest BCUT2D eigenvalue weighted by Crippen LogP contribution is -2.42. The minimum Gasteiger partial charge on any atom is -0.305 e. The van der Waals surface area contributed by atoms with Gasteiger partial charge >= 0.3 is 0 Å². The van der Waals surface area contributed by atoms with Gasteiger partial charge in [0.15, 0.2) is 0 Å². The van der Waals surface area contributed by atoms with Crippen molar-refractivity contribution in [1.29, 1.82) is 0 Å². The van der Waals surface area contributed by atoms with E-state index in [1.807, 2.05) is 23.8 Å². The standard InChI is InChI=1S/C14H20N4/c1-11-16-13(7-12-8-15-10-18(11)12)14(2)5-4-6-17(3)9-14/h7-8,10H,4-6,9H2,1-3H3/t14-/m0/s1. The van der Waals surface area contributed by atoms with Gasteiger partial charge in [0.05, 0.1) is 17.4 Å². The van der Waals surface area contributed by atoms with Crippen LogP contribution >= 0.6 is 0 Å². The smallest absolute Gasteiger partial charge is 0.111 e.